The van der Waals surface area contributed by atoms with E-state index in [2.05, 4.69) is 25.4 Å². The molecule has 2 aliphatic heterocycles. The van der Waals surface area contributed by atoms with Crippen LogP contribution in [0, 0.1) is 6.92 Å². The molecule has 0 unspecified atom stereocenters. The molecule has 0 fully saturated rings. The molecule has 110 valence electrons. The van der Waals surface area contributed by atoms with Crippen LogP contribution < -0.4 is 5.32 Å². The minimum absolute atomic E-state index is 0.179. The molecule has 1 N–H and O–H groups in total. The van der Waals surface area contributed by atoms with E-state index in [1.165, 1.54) is 0 Å². The summed E-state index contributed by atoms with van der Waals surface area (Å²) in [5.41, 5.74) is 2.19. The summed E-state index contributed by atoms with van der Waals surface area (Å²) in [7, 11) is 0. The van der Waals surface area contributed by atoms with E-state index in [0.29, 0.717) is 29.5 Å². The van der Waals surface area contributed by atoms with Crippen LogP contribution in [0.3, 0.4) is 0 Å². The second-order valence-electron chi connectivity index (χ2n) is 5.00. The van der Waals surface area contributed by atoms with Gasteiger partial charge in [0, 0.05) is 12.2 Å². The fourth-order valence-electron chi connectivity index (χ4n) is 2.38. The molecule has 0 saturated heterocycles. The monoisotopic (exact) mass is 296 g/mol. The number of aromatic nitrogens is 2. The lowest BCUT2D eigenvalue weighted by molar-refractivity contribution is 0.101. The number of anilines is 1. The van der Waals surface area contributed by atoms with Gasteiger partial charge in [0.2, 0.25) is 0 Å². The Bertz CT molecular complexity index is 805. The van der Waals surface area contributed by atoms with Gasteiger partial charge in [0.25, 0.3) is 11.8 Å². The molecule has 8 nitrogen and oxygen atoms in total. The van der Waals surface area contributed by atoms with Crippen LogP contribution >= 0.6 is 0 Å². The molecule has 0 saturated carbocycles. The highest BCUT2D eigenvalue weighted by atomic mass is 16.5. The van der Waals surface area contributed by atoms with Crippen LogP contribution in [-0.4, -0.2) is 46.2 Å². The zero-order valence-corrected chi connectivity index (χ0v) is 11.8. The quantitative estimate of drug-likeness (QED) is 0.902. The molecule has 1 amide bonds. The number of carbonyl (C=O) groups excluding carboxylic acids is 1. The lowest BCUT2D eigenvalue weighted by atomic mass is 10.1. The molecule has 0 aromatic carbocycles. The van der Waals surface area contributed by atoms with Crippen LogP contribution in [0.4, 0.5) is 11.6 Å². The lowest BCUT2D eigenvalue weighted by Crippen LogP contribution is -2.30. The summed E-state index contributed by atoms with van der Waals surface area (Å²) in [6.07, 6.45) is 3.24. The van der Waals surface area contributed by atoms with Gasteiger partial charge in [-0.05, 0) is 19.1 Å². The molecule has 2 aromatic rings. The minimum atomic E-state index is -0.373. The van der Waals surface area contributed by atoms with E-state index >= 15 is 0 Å². The highest BCUT2D eigenvalue weighted by Crippen LogP contribution is 2.29. The van der Waals surface area contributed by atoms with E-state index in [1.54, 1.807) is 18.6 Å². The van der Waals surface area contributed by atoms with Crippen LogP contribution in [0.1, 0.15) is 21.7 Å². The summed E-state index contributed by atoms with van der Waals surface area (Å²) >= 11 is 0. The van der Waals surface area contributed by atoms with Crippen molar-refractivity contribution in [2.24, 2.45) is 9.98 Å². The topological polar surface area (TPSA) is 96.0 Å². The Morgan fingerprint density at radius 2 is 2.32 bits per heavy atom. The summed E-state index contributed by atoms with van der Waals surface area (Å²) in [6.45, 7) is 3.28. The van der Waals surface area contributed by atoms with Gasteiger partial charge in [-0.3, -0.25) is 14.8 Å². The van der Waals surface area contributed by atoms with E-state index < -0.39 is 0 Å². The average Bonchev–Trinajstić information content (AvgIpc) is 3.14. The Labute approximate surface area is 125 Å². The van der Waals surface area contributed by atoms with Crippen molar-refractivity contribution in [1.82, 2.24) is 15.0 Å². The smallest absolute Gasteiger partial charge is 0.278 e. The van der Waals surface area contributed by atoms with Crippen LogP contribution in [0.5, 0.6) is 0 Å². The summed E-state index contributed by atoms with van der Waals surface area (Å²) in [5.74, 6) is 0.616. The van der Waals surface area contributed by atoms with E-state index in [-0.39, 0.29) is 11.6 Å². The van der Waals surface area contributed by atoms with Gasteiger partial charge in [-0.2, -0.15) is 0 Å². The predicted octanol–water partition coefficient (Wildman–Crippen LogP) is 1.37. The number of hydrogen-bond acceptors (Lipinski definition) is 7. The number of rotatable bonds is 2. The summed E-state index contributed by atoms with van der Waals surface area (Å²) in [6, 6.07) is 3.60. The summed E-state index contributed by atoms with van der Waals surface area (Å²) in [4.78, 5) is 27.0. The van der Waals surface area contributed by atoms with Crippen molar-refractivity contribution in [3.05, 3.63) is 35.3 Å². The first-order chi connectivity index (χ1) is 10.7. The first-order valence-corrected chi connectivity index (χ1v) is 6.82. The molecular formula is C14H12N6O2. The van der Waals surface area contributed by atoms with Gasteiger partial charge in [0.05, 0.1) is 18.4 Å². The summed E-state index contributed by atoms with van der Waals surface area (Å²) < 4.78 is 5.14. The van der Waals surface area contributed by atoms with Gasteiger partial charge in [-0.15, -0.1) is 0 Å². The van der Waals surface area contributed by atoms with Crippen molar-refractivity contribution in [3.63, 3.8) is 0 Å². The SMILES string of the molecule is Cc1ccc(NC(=O)c2noc3c2C2=NCCN2C=N3)cn1. The van der Waals surface area contributed by atoms with Gasteiger partial charge >= 0.3 is 0 Å². The van der Waals surface area contributed by atoms with E-state index in [4.69, 9.17) is 4.52 Å². The molecule has 4 rings (SSSR count). The van der Waals surface area contributed by atoms with E-state index in [1.807, 2.05) is 17.9 Å². The van der Waals surface area contributed by atoms with Crippen LogP contribution in [0.2, 0.25) is 0 Å². The van der Waals surface area contributed by atoms with Crippen molar-refractivity contribution in [1.29, 1.82) is 0 Å². The normalized spacial score (nSPS) is 15.3. The Hall–Kier alpha value is -3.03. The predicted molar refractivity (Wildman–Crippen MR) is 79.7 cm³/mol. The molecule has 0 radical (unpaired) electrons. The first kappa shape index (κ1) is 12.7. The third kappa shape index (κ3) is 1.96. The number of aliphatic imine (C=N–C) groups is 2. The number of nitrogens with zero attached hydrogens (tertiary/aromatic N) is 5. The number of amides is 1. The Kier molecular flexibility index (Phi) is 2.75. The third-order valence-electron chi connectivity index (χ3n) is 3.47. The Balaban J connectivity index is 1.67. The van der Waals surface area contributed by atoms with Crippen LogP contribution in [-0.2, 0) is 0 Å². The van der Waals surface area contributed by atoms with Crippen molar-refractivity contribution in [2.75, 3.05) is 18.4 Å². The molecular weight excluding hydrogens is 284 g/mol. The number of aryl methyl sites for hydroxylation is 1. The number of amidine groups is 1. The second kappa shape index (κ2) is 4.76. The maximum Gasteiger partial charge on any atom is 0.278 e. The average molecular weight is 296 g/mol. The highest BCUT2D eigenvalue weighted by molar-refractivity contribution is 6.18. The molecule has 0 aliphatic carbocycles. The largest absolute Gasteiger partial charge is 0.335 e. The molecule has 0 spiro atoms. The number of nitrogens with one attached hydrogen (secondary N) is 1. The number of pyridine rings is 1. The number of hydrogen-bond donors (Lipinski definition) is 1. The standard InChI is InChI=1S/C14H12N6O2/c1-8-2-3-9(6-16-8)18-13(21)11-10-12-15-4-5-20(12)7-17-14(10)22-19-11/h2-3,6-7H,4-5H2,1H3,(H,18,21). The van der Waals surface area contributed by atoms with Crippen molar-refractivity contribution < 1.29 is 9.32 Å². The molecule has 8 heteroatoms. The number of carbonyl (C=O) groups is 1. The van der Waals surface area contributed by atoms with Gasteiger partial charge in [0.1, 0.15) is 17.7 Å². The zero-order valence-electron chi connectivity index (χ0n) is 11.8. The third-order valence-corrected chi connectivity index (χ3v) is 3.47. The van der Waals surface area contributed by atoms with Crippen molar-refractivity contribution >= 4 is 29.7 Å². The second-order valence-corrected chi connectivity index (χ2v) is 5.00. The lowest BCUT2D eigenvalue weighted by Gasteiger charge is -2.17. The zero-order chi connectivity index (χ0) is 15.1. The van der Waals surface area contributed by atoms with Crippen LogP contribution in [0.15, 0.2) is 32.8 Å². The summed E-state index contributed by atoms with van der Waals surface area (Å²) in [5, 5.41) is 6.60. The van der Waals surface area contributed by atoms with Crippen LogP contribution in [0.25, 0.3) is 0 Å². The first-order valence-electron chi connectivity index (χ1n) is 6.82. The van der Waals surface area contributed by atoms with Gasteiger partial charge in [-0.1, -0.05) is 5.16 Å². The minimum Gasteiger partial charge on any atom is -0.335 e. The maximum atomic E-state index is 12.4. The molecule has 0 atom stereocenters. The van der Waals surface area contributed by atoms with Gasteiger partial charge in [-0.25, -0.2) is 4.99 Å². The highest BCUT2D eigenvalue weighted by Gasteiger charge is 2.33. The van der Waals surface area contributed by atoms with E-state index in [9.17, 15) is 4.79 Å². The number of fused-ring (bicyclic) bond motifs is 3. The van der Waals surface area contributed by atoms with Gasteiger partial charge in [0.15, 0.2) is 5.69 Å². The fourth-order valence-corrected chi connectivity index (χ4v) is 2.38. The van der Waals surface area contributed by atoms with Crippen molar-refractivity contribution in [3.8, 4) is 0 Å². The molecule has 4 heterocycles. The van der Waals surface area contributed by atoms with Crippen molar-refractivity contribution in [2.45, 2.75) is 6.92 Å². The molecule has 22 heavy (non-hydrogen) atoms. The Morgan fingerprint density at radius 1 is 1.41 bits per heavy atom. The fraction of sp³-hybridized carbons (Fsp3) is 0.214. The van der Waals surface area contributed by atoms with E-state index in [0.717, 1.165) is 12.2 Å². The Morgan fingerprint density at radius 3 is 3.14 bits per heavy atom. The van der Waals surface area contributed by atoms with Gasteiger partial charge < -0.3 is 14.7 Å². The maximum absolute atomic E-state index is 12.4. The molecule has 2 aliphatic rings. The molecule has 0 bridgehead atoms. The molecule has 2 aromatic heterocycles.